The summed E-state index contributed by atoms with van der Waals surface area (Å²) in [5.41, 5.74) is 4.08. The van der Waals surface area contributed by atoms with Gasteiger partial charge in [-0.15, -0.1) is 18.3 Å². The van der Waals surface area contributed by atoms with Gasteiger partial charge < -0.3 is 9.47 Å². The van der Waals surface area contributed by atoms with Crippen LogP contribution in [0.4, 0.5) is 18.9 Å². The summed E-state index contributed by atoms with van der Waals surface area (Å²) in [6.45, 7) is 4.08. The van der Waals surface area contributed by atoms with Gasteiger partial charge in [-0.05, 0) is 78.8 Å². The molecule has 46 heavy (non-hydrogen) atoms. The number of aliphatic imine (C=N–C) groups is 1. The van der Waals surface area contributed by atoms with E-state index in [-0.39, 0.29) is 35.7 Å². The number of amidine groups is 1. The predicted molar refractivity (Wildman–Crippen MR) is 171 cm³/mol. The van der Waals surface area contributed by atoms with Crippen molar-refractivity contribution in [1.29, 1.82) is 0 Å². The first-order valence-corrected chi connectivity index (χ1v) is 15.6. The molecule has 0 aliphatic carbocycles. The fraction of sp³-hybridized carbons (Fsp3) is 0.303. The van der Waals surface area contributed by atoms with Gasteiger partial charge in [0.05, 0.1) is 24.2 Å². The summed E-state index contributed by atoms with van der Waals surface area (Å²) in [5, 5.41) is 4.84. The Balaban J connectivity index is 1.13. The molecular weight excluding hydrogens is 619 g/mol. The molecule has 0 unspecified atom stereocenters. The molecular formula is C33H32F3N5O4S. The molecule has 2 amide bonds. The Hall–Kier alpha value is -4.65. The van der Waals surface area contributed by atoms with E-state index < -0.39 is 6.36 Å². The van der Waals surface area contributed by atoms with Crippen molar-refractivity contribution in [2.75, 3.05) is 17.8 Å². The van der Waals surface area contributed by atoms with Crippen LogP contribution in [0.3, 0.4) is 0 Å². The number of unbranched alkanes of at least 4 members (excludes halogenated alkanes) is 1. The summed E-state index contributed by atoms with van der Waals surface area (Å²) in [5.74, 6) is 0.859. The number of carbonyl (C=O) groups excluding carboxylic acids is 2. The SMILES string of the molecule is COc1ccc(N2C(=O)CSC2=NC(=O)CCCCc2ccc(-c3ncn(-c4ccc(OC(F)(F)F)cc4)n3)cc2)c(C(C)C)c1. The monoisotopic (exact) mass is 651 g/mol. The summed E-state index contributed by atoms with van der Waals surface area (Å²) in [7, 11) is 1.60. The van der Waals surface area contributed by atoms with E-state index in [1.165, 1.54) is 47.0 Å². The third-order valence-electron chi connectivity index (χ3n) is 7.23. The lowest BCUT2D eigenvalue weighted by Crippen LogP contribution is -2.31. The average molecular weight is 652 g/mol. The zero-order chi connectivity index (χ0) is 32.8. The number of aryl methyl sites for hydroxylation is 1. The molecule has 0 N–H and O–H groups in total. The number of aromatic nitrogens is 3. The molecule has 0 saturated carbocycles. The van der Waals surface area contributed by atoms with Crippen molar-refractivity contribution in [1.82, 2.24) is 14.8 Å². The van der Waals surface area contributed by atoms with E-state index >= 15 is 0 Å². The highest BCUT2D eigenvalue weighted by molar-refractivity contribution is 8.15. The molecule has 0 spiro atoms. The number of thioether (sulfide) groups is 1. The Morgan fingerprint density at radius 2 is 1.74 bits per heavy atom. The number of rotatable bonds is 11. The van der Waals surface area contributed by atoms with Crippen LogP contribution in [-0.2, 0) is 16.0 Å². The molecule has 4 aromatic rings. The molecule has 2 heterocycles. The normalized spacial score (nSPS) is 14.4. The van der Waals surface area contributed by atoms with Crippen LogP contribution in [0, 0.1) is 0 Å². The Labute approximate surface area is 268 Å². The summed E-state index contributed by atoms with van der Waals surface area (Å²) in [4.78, 5) is 35.7. The van der Waals surface area contributed by atoms with Crippen molar-refractivity contribution >= 4 is 34.4 Å². The van der Waals surface area contributed by atoms with Crippen molar-refractivity contribution in [3.8, 4) is 28.6 Å². The lowest BCUT2D eigenvalue weighted by molar-refractivity contribution is -0.274. The summed E-state index contributed by atoms with van der Waals surface area (Å²) < 4.78 is 48.0. The third-order valence-corrected chi connectivity index (χ3v) is 8.15. The van der Waals surface area contributed by atoms with Gasteiger partial charge in [0, 0.05) is 12.0 Å². The van der Waals surface area contributed by atoms with Gasteiger partial charge in [0.25, 0.3) is 0 Å². The molecule has 240 valence electrons. The predicted octanol–water partition coefficient (Wildman–Crippen LogP) is 7.34. The van der Waals surface area contributed by atoms with Gasteiger partial charge in [-0.25, -0.2) is 9.67 Å². The molecule has 1 aromatic heterocycles. The lowest BCUT2D eigenvalue weighted by atomic mass is 10.00. The molecule has 5 rings (SSSR count). The Bertz CT molecular complexity index is 1720. The van der Waals surface area contributed by atoms with Gasteiger partial charge in [0.1, 0.15) is 17.8 Å². The lowest BCUT2D eigenvalue weighted by Gasteiger charge is -2.22. The van der Waals surface area contributed by atoms with Crippen molar-refractivity contribution in [3.63, 3.8) is 0 Å². The fourth-order valence-corrected chi connectivity index (χ4v) is 5.79. The number of amides is 2. The van der Waals surface area contributed by atoms with Crippen molar-refractivity contribution in [2.45, 2.75) is 51.8 Å². The van der Waals surface area contributed by atoms with Gasteiger partial charge in [0.15, 0.2) is 11.0 Å². The largest absolute Gasteiger partial charge is 0.573 e. The molecule has 1 fully saturated rings. The number of anilines is 1. The van der Waals surface area contributed by atoms with Gasteiger partial charge >= 0.3 is 6.36 Å². The third kappa shape index (κ3) is 8.13. The number of nitrogens with zero attached hydrogens (tertiary/aromatic N) is 5. The summed E-state index contributed by atoms with van der Waals surface area (Å²) in [6.07, 6.45) is -0.799. The number of ether oxygens (including phenoxy) is 2. The average Bonchev–Trinajstić information content (AvgIpc) is 3.66. The topological polar surface area (TPSA) is 98.9 Å². The number of halogens is 3. The first-order chi connectivity index (χ1) is 22.0. The molecule has 9 nitrogen and oxygen atoms in total. The zero-order valence-electron chi connectivity index (χ0n) is 25.5. The van der Waals surface area contributed by atoms with Crippen LogP contribution in [0.25, 0.3) is 17.1 Å². The molecule has 0 radical (unpaired) electrons. The smallest absolute Gasteiger partial charge is 0.497 e. The minimum Gasteiger partial charge on any atom is -0.497 e. The molecule has 1 saturated heterocycles. The highest BCUT2D eigenvalue weighted by Crippen LogP contribution is 2.36. The second-order valence-electron chi connectivity index (χ2n) is 10.8. The quantitative estimate of drug-likeness (QED) is 0.157. The highest BCUT2D eigenvalue weighted by Gasteiger charge is 2.33. The maximum atomic E-state index is 12.8. The standard InChI is InChI=1S/C33H32F3N5O4S/c1-21(2)27-18-26(44-3)16-17-28(27)41-30(43)19-46-32(41)38-29(42)7-5-4-6-22-8-10-23(11-9-22)31-37-20-40(39-31)24-12-14-25(15-13-24)45-33(34,35)36/h8-18,20-21H,4-7,19H2,1-3H3. The number of benzene rings is 3. The van der Waals surface area contributed by atoms with Crippen LogP contribution in [0.5, 0.6) is 11.5 Å². The van der Waals surface area contributed by atoms with Gasteiger partial charge in [0.2, 0.25) is 11.8 Å². The van der Waals surface area contributed by atoms with E-state index in [1.54, 1.807) is 18.1 Å². The van der Waals surface area contributed by atoms with Crippen LogP contribution in [0.15, 0.2) is 78.0 Å². The van der Waals surface area contributed by atoms with Crippen molar-refractivity contribution in [2.24, 2.45) is 4.99 Å². The van der Waals surface area contributed by atoms with E-state index in [2.05, 4.69) is 19.8 Å². The maximum absolute atomic E-state index is 12.8. The van der Waals surface area contributed by atoms with E-state index in [4.69, 9.17) is 4.74 Å². The number of carbonyl (C=O) groups is 2. The van der Waals surface area contributed by atoms with Crippen LogP contribution < -0.4 is 14.4 Å². The van der Waals surface area contributed by atoms with Crippen molar-refractivity contribution in [3.05, 3.63) is 84.2 Å². The Morgan fingerprint density at radius 3 is 2.41 bits per heavy atom. The van der Waals surface area contributed by atoms with Gasteiger partial charge in [-0.3, -0.25) is 14.5 Å². The van der Waals surface area contributed by atoms with Crippen LogP contribution >= 0.6 is 11.8 Å². The Kier molecular flexibility index (Phi) is 10.1. The first kappa shape index (κ1) is 32.7. The van der Waals surface area contributed by atoms with Gasteiger partial charge in [-0.2, -0.15) is 4.99 Å². The fourth-order valence-electron chi connectivity index (χ4n) is 4.92. The summed E-state index contributed by atoms with van der Waals surface area (Å²) in [6, 6.07) is 18.7. The molecule has 1 aliphatic rings. The molecule has 13 heteroatoms. The van der Waals surface area contributed by atoms with Crippen molar-refractivity contribution < 1.29 is 32.2 Å². The molecule has 3 aromatic carbocycles. The van der Waals surface area contributed by atoms with Crippen LogP contribution in [0.1, 0.15) is 50.2 Å². The minimum absolute atomic E-state index is 0.109. The number of hydrogen-bond donors (Lipinski definition) is 0. The summed E-state index contributed by atoms with van der Waals surface area (Å²) >= 11 is 1.27. The first-order valence-electron chi connectivity index (χ1n) is 14.6. The number of alkyl halides is 3. The van der Waals surface area contributed by atoms with E-state index in [0.717, 1.165) is 35.2 Å². The van der Waals surface area contributed by atoms with E-state index in [0.29, 0.717) is 28.8 Å². The highest BCUT2D eigenvalue weighted by atomic mass is 32.2. The van der Waals surface area contributed by atoms with E-state index in [1.807, 2.05) is 50.2 Å². The number of methoxy groups -OCH3 is 1. The molecule has 0 bridgehead atoms. The Morgan fingerprint density at radius 1 is 1.02 bits per heavy atom. The van der Waals surface area contributed by atoms with Gasteiger partial charge in [-0.1, -0.05) is 49.9 Å². The minimum atomic E-state index is -4.75. The number of hydrogen-bond acceptors (Lipinski definition) is 7. The second-order valence-corrected chi connectivity index (χ2v) is 11.8. The molecule has 1 aliphatic heterocycles. The second kappa shape index (κ2) is 14.2. The van der Waals surface area contributed by atoms with E-state index in [9.17, 15) is 22.8 Å². The zero-order valence-corrected chi connectivity index (χ0v) is 26.3. The molecule has 0 atom stereocenters. The van der Waals surface area contributed by atoms with Crippen LogP contribution in [-0.4, -0.2) is 51.0 Å². The maximum Gasteiger partial charge on any atom is 0.573 e. The van der Waals surface area contributed by atoms with Crippen LogP contribution in [0.2, 0.25) is 0 Å².